The number of hydrogen-bond donors (Lipinski definition) is 0. The summed E-state index contributed by atoms with van der Waals surface area (Å²) in [4.78, 5) is 26.4. The summed E-state index contributed by atoms with van der Waals surface area (Å²) in [6.07, 6.45) is 0.448. The molecular formula is C19H18BrNO4. The van der Waals surface area contributed by atoms with Gasteiger partial charge in [-0.15, -0.1) is 0 Å². The van der Waals surface area contributed by atoms with Gasteiger partial charge in [-0.1, -0.05) is 36.4 Å². The Morgan fingerprint density at radius 3 is 2.52 bits per heavy atom. The Hall–Kier alpha value is -2.34. The Kier molecular flexibility index (Phi) is 5.38. The van der Waals surface area contributed by atoms with Crippen molar-refractivity contribution >= 4 is 27.8 Å². The van der Waals surface area contributed by atoms with Crippen molar-refractivity contribution in [3.63, 3.8) is 0 Å². The number of esters is 1. The zero-order valence-corrected chi connectivity index (χ0v) is 15.4. The normalized spacial score (nSPS) is 16.1. The van der Waals surface area contributed by atoms with Crippen LogP contribution in [0.1, 0.15) is 11.1 Å². The van der Waals surface area contributed by atoms with Gasteiger partial charge in [-0.2, -0.15) is 0 Å². The van der Waals surface area contributed by atoms with Gasteiger partial charge >= 0.3 is 5.97 Å². The molecule has 1 aliphatic heterocycles. The van der Waals surface area contributed by atoms with E-state index in [4.69, 9.17) is 9.47 Å². The Morgan fingerprint density at radius 1 is 1.12 bits per heavy atom. The van der Waals surface area contributed by atoms with Crippen LogP contribution >= 0.6 is 15.9 Å². The highest BCUT2D eigenvalue weighted by atomic mass is 79.9. The van der Waals surface area contributed by atoms with Gasteiger partial charge in [0.05, 0.1) is 11.6 Å². The van der Waals surface area contributed by atoms with Crippen LogP contribution in [-0.4, -0.2) is 36.5 Å². The third kappa shape index (κ3) is 3.85. The number of hydrogen-bond acceptors (Lipinski definition) is 4. The lowest BCUT2D eigenvalue weighted by Crippen LogP contribution is -2.50. The molecule has 3 rings (SSSR count). The van der Waals surface area contributed by atoms with Crippen LogP contribution in [0.5, 0.6) is 5.75 Å². The topological polar surface area (TPSA) is 55.8 Å². The highest BCUT2D eigenvalue weighted by Gasteiger charge is 2.35. The van der Waals surface area contributed by atoms with Crippen LogP contribution < -0.4 is 4.74 Å². The molecule has 0 unspecified atom stereocenters. The van der Waals surface area contributed by atoms with Gasteiger partial charge < -0.3 is 14.4 Å². The molecule has 1 heterocycles. The fourth-order valence-electron chi connectivity index (χ4n) is 2.92. The molecule has 2 aromatic carbocycles. The van der Waals surface area contributed by atoms with Crippen molar-refractivity contribution in [2.45, 2.75) is 19.0 Å². The van der Waals surface area contributed by atoms with E-state index in [1.165, 1.54) is 12.0 Å². The number of halogens is 1. The Bertz CT molecular complexity index is 792. The van der Waals surface area contributed by atoms with E-state index in [0.717, 1.165) is 15.6 Å². The second kappa shape index (κ2) is 7.70. The molecule has 0 aliphatic carbocycles. The zero-order valence-electron chi connectivity index (χ0n) is 13.8. The fraction of sp³-hybridized carbons (Fsp3) is 0.263. The first-order valence-corrected chi connectivity index (χ1v) is 8.71. The molecule has 0 radical (unpaired) electrons. The standard InChI is InChI=1S/C19H18BrNO4/c1-24-19(23)16-10-13-6-2-3-7-14(13)11-21(16)18(22)12-25-17-9-5-4-8-15(17)20/h2-9,16H,10-12H2,1H3/t16-/m1/s1. The van der Waals surface area contributed by atoms with Crippen LogP contribution in [0.2, 0.25) is 0 Å². The van der Waals surface area contributed by atoms with Crippen molar-refractivity contribution in [1.29, 1.82) is 0 Å². The molecule has 1 amide bonds. The summed E-state index contributed by atoms with van der Waals surface area (Å²) in [7, 11) is 1.34. The van der Waals surface area contributed by atoms with E-state index in [2.05, 4.69) is 15.9 Å². The van der Waals surface area contributed by atoms with Gasteiger partial charge in [0.25, 0.3) is 5.91 Å². The first kappa shape index (κ1) is 17.5. The molecule has 0 aromatic heterocycles. The van der Waals surface area contributed by atoms with Gasteiger partial charge in [0, 0.05) is 13.0 Å². The number of nitrogens with zero attached hydrogens (tertiary/aromatic N) is 1. The summed E-state index contributed by atoms with van der Waals surface area (Å²) in [5, 5.41) is 0. The van der Waals surface area contributed by atoms with E-state index >= 15 is 0 Å². The maximum atomic E-state index is 12.7. The number of carbonyl (C=O) groups is 2. The van der Waals surface area contributed by atoms with Crippen LogP contribution in [-0.2, 0) is 27.3 Å². The van der Waals surface area contributed by atoms with Crippen molar-refractivity contribution in [2.24, 2.45) is 0 Å². The number of fused-ring (bicyclic) bond motifs is 1. The lowest BCUT2D eigenvalue weighted by atomic mass is 9.94. The third-order valence-corrected chi connectivity index (χ3v) is 4.89. The highest BCUT2D eigenvalue weighted by molar-refractivity contribution is 9.10. The first-order valence-electron chi connectivity index (χ1n) is 7.91. The van der Waals surface area contributed by atoms with E-state index < -0.39 is 12.0 Å². The van der Waals surface area contributed by atoms with E-state index in [1.54, 1.807) is 6.07 Å². The summed E-state index contributed by atoms with van der Waals surface area (Å²) in [5.41, 5.74) is 2.10. The molecule has 0 spiro atoms. The minimum Gasteiger partial charge on any atom is -0.483 e. The Labute approximate surface area is 154 Å². The van der Waals surface area contributed by atoms with Crippen molar-refractivity contribution in [3.8, 4) is 5.75 Å². The smallest absolute Gasteiger partial charge is 0.328 e. The van der Waals surface area contributed by atoms with E-state index in [9.17, 15) is 9.59 Å². The SMILES string of the molecule is COC(=O)[C@H]1Cc2ccccc2CN1C(=O)COc1ccccc1Br. The first-order chi connectivity index (χ1) is 12.1. The molecule has 0 N–H and O–H groups in total. The summed E-state index contributed by atoms with van der Waals surface area (Å²) in [6, 6.07) is 14.5. The predicted molar refractivity (Wildman–Crippen MR) is 96.1 cm³/mol. The van der Waals surface area contributed by atoms with Gasteiger partial charge in [0.2, 0.25) is 0 Å². The Morgan fingerprint density at radius 2 is 1.80 bits per heavy atom. The number of benzene rings is 2. The monoisotopic (exact) mass is 403 g/mol. The predicted octanol–water partition coefficient (Wildman–Crippen LogP) is 2.95. The van der Waals surface area contributed by atoms with Gasteiger partial charge in [0.15, 0.2) is 6.61 Å². The molecule has 1 aliphatic rings. The van der Waals surface area contributed by atoms with E-state index in [-0.39, 0.29) is 12.5 Å². The maximum Gasteiger partial charge on any atom is 0.328 e. The molecule has 2 aromatic rings. The quantitative estimate of drug-likeness (QED) is 0.736. The lowest BCUT2D eigenvalue weighted by Gasteiger charge is -2.35. The number of ether oxygens (including phenoxy) is 2. The number of methoxy groups -OCH3 is 1. The van der Waals surface area contributed by atoms with Crippen LogP contribution in [0, 0.1) is 0 Å². The minimum atomic E-state index is -0.629. The Balaban J connectivity index is 1.77. The minimum absolute atomic E-state index is 0.141. The molecule has 0 fully saturated rings. The second-order valence-electron chi connectivity index (χ2n) is 5.75. The van der Waals surface area contributed by atoms with Crippen LogP contribution in [0.15, 0.2) is 53.0 Å². The number of rotatable bonds is 4. The van der Waals surface area contributed by atoms with Crippen LogP contribution in [0.3, 0.4) is 0 Å². The maximum absolute atomic E-state index is 12.7. The molecule has 1 atom stereocenters. The summed E-state index contributed by atoms with van der Waals surface area (Å²) in [6.45, 7) is 0.229. The third-order valence-electron chi connectivity index (χ3n) is 4.23. The molecule has 0 saturated carbocycles. The molecule has 25 heavy (non-hydrogen) atoms. The zero-order chi connectivity index (χ0) is 17.8. The van der Waals surface area contributed by atoms with Crippen LogP contribution in [0.25, 0.3) is 0 Å². The van der Waals surface area contributed by atoms with Crippen molar-refractivity contribution in [2.75, 3.05) is 13.7 Å². The average molecular weight is 404 g/mol. The number of amides is 1. The van der Waals surface area contributed by atoms with Gasteiger partial charge in [-0.25, -0.2) is 4.79 Å². The molecular weight excluding hydrogens is 386 g/mol. The van der Waals surface area contributed by atoms with Crippen molar-refractivity contribution in [3.05, 3.63) is 64.1 Å². The molecule has 130 valence electrons. The van der Waals surface area contributed by atoms with Crippen LogP contribution in [0.4, 0.5) is 0 Å². The van der Waals surface area contributed by atoms with Crippen molar-refractivity contribution < 1.29 is 19.1 Å². The second-order valence-corrected chi connectivity index (χ2v) is 6.61. The van der Waals surface area contributed by atoms with E-state index in [1.807, 2.05) is 42.5 Å². The summed E-state index contributed by atoms with van der Waals surface area (Å²) < 4.78 is 11.3. The van der Waals surface area contributed by atoms with Gasteiger partial charge in [0.1, 0.15) is 11.8 Å². The summed E-state index contributed by atoms with van der Waals surface area (Å²) >= 11 is 3.39. The van der Waals surface area contributed by atoms with Gasteiger partial charge in [-0.05, 0) is 39.2 Å². The largest absolute Gasteiger partial charge is 0.483 e. The summed E-state index contributed by atoms with van der Waals surface area (Å²) in [5.74, 6) is -0.0766. The fourth-order valence-corrected chi connectivity index (χ4v) is 3.32. The van der Waals surface area contributed by atoms with Gasteiger partial charge in [-0.3, -0.25) is 4.79 Å². The van der Waals surface area contributed by atoms with E-state index in [0.29, 0.717) is 18.7 Å². The number of para-hydroxylation sites is 1. The number of carbonyl (C=O) groups excluding carboxylic acids is 2. The average Bonchev–Trinajstić information content (AvgIpc) is 2.65. The molecule has 0 saturated heterocycles. The molecule has 0 bridgehead atoms. The van der Waals surface area contributed by atoms with Crippen molar-refractivity contribution in [1.82, 2.24) is 4.90 Å². The highest BCUT2D eigenvalue weighted by Crippen LogP contribution is 2.26. The lowest BCUT2D eigenvalue weighted by molar-refractivity contribution is -0.154. The molecule has 6 heteroatoms. The molecule has 5 nitrogen and oxygen atoms in total.